The van der Waals surface area contributed by atoms with Crippen molar-refractivity contribution in [3.8, 4) is 5.75 Å². The van der Waals surface area contributed by atoms with Crippen LogP contribution in [0.25, 0.3) is 0 Å². The van der Waals surface area contributed by atoms with Crippen molar-refractivity contribution in [3.63, 3.8) is 0 Å². The molecule has 2 N–H and O–H groups in total. The molecule has 0 saturated heterocycles. The minimum atomic E-state index is -0.987. The number of carbonyl (C=O) groups is 2. The molecule has 0 aromatic heterocycles. The Balaban J connectivity index is 0.000000314. The van der Waals surface area contributed by atoms with Gasteiger partial charge >= 0.3 is 5.97 Å². The summed E-state index contributed by atoms with van der Waals surface area (Å²) in [6.45, 7) is 9.73. The van der Waals surface area contributed by atoms with Crippen molar-refractivity contribution < 1.29 is 19.8 Å². The number of aromatic carboxylic acids is 1. The van der Waals surface area contributed by atoms with E-state index in [0.29, 0.717) is 24.1 Å². The van der Waals surface area contributed by atoms with Gasteiger partial charge in [0.25, 0.3) is 0 Å². The molecule has 5 heteroatoms. The van der Waals surface area contributed by atoms with Gasteiger partial charge in [-0.25, -0.2) is 4.79 Å². The van der Waals surface area contributed by atoms with Gasteiger partial charge in [0.15, 0.2) is 0 Å². The van der Waals surface area contributed by atoms with Crippen molar-refractivity contribution in [2.24, 2.45) is 0 Å². The summed E-state index contributed by atoms with van der Waals surface area (Å²) in [5, 5.41) is 18.6. The minimum absolute atomic E-state index is 0.124. The first-order valence-corrected chi connectivity index (χ1v) is 9.01. The Morgan fingerprint density at radius 1 is 0.963 bits per heavy atom. The summed E-state index contributed by atoms with van der Waals surface area (Å²) in [4.78, 5) is 23.6. The molecule has 0 bridgehead atoms. The van der Waals surface area contributed by atoms with E-state index in [2.05, 4.69) is 0 Å². The average Bonchev–Trinajstić information content (AvgIpc) is 2.57. The van der Waals surface area contributed by atoms with Crippen molar-refractivity contribution in [1.82, 2.24) is 4.90 Å². The first-order chi connectivity index (χ1) is 12.6. The second-order valence-corrected chi connectivity index (χ2v) is 6.92. The number of amides is 1. The Bertz CT molecular complexity index is 746. The number of nitrogens with zero attached hydrogens (tertiary/aromatic N) is 1. The van der Waals surface area contributed by atoms with E-state index < -0.39 is 5.97 Å². The Hall–Kier alpha value is -2.82. The molecular weight excluding hydrogens is 342 g/mol. The van der Waals surface area contributed by atoms with Crippen LogP contribution in [0.1, 0.15) is 56.1 Å². The van der Waals surface area contributed by atoms with Crippen LogP contribution < -0.4 is 0 Å². The van der Waals surface area contributed by atoms with Crippen LogP contribution in [-0.2, 0) is 11.2 Å². The molecule has 0 atom stereocenters. The molecule has 0 aliphatic rings. The number of phenolic OH excluding ortho intramolecular Hbond substituents is 1. The molecule has 5 nitrogen and oxygen atoms in total. The molecule has 0 spiro atoms. The lowest BCUT2D eigenvalue weighted by Gasteiger charge is -2.29. The predicted molar refractivity (Wildman–Crippen MR) is 107 cm³/mol. The molecule has 2 aromatic rings. The Kier molecular flexibility index (Phi) is 8.52. The maximum absolute atomic E-state index is 11.0. The zero-order valence-electron chi connectivity index (χ0n) is 16.6. The molecule has 0 saturated carbocycles. The maximum atomic E-state index is 11.0. The second kappa shape index (κ2) is 10.4. The van der Waals surface area contributed by atoms with Gasteiger partial charge in [-0.15, -0.1) is 0 Å². The minimum Gasteiger partial charge on any atom is -0.508 e. The summed E-state index contributed by atoms with van der Waals surface area (Å²) < 4.78 is 0. The Morgan fingerprint density at radius 2 is 1.52 bits per heavy atom. The number of carboxylic acids is 1. The topological polar surface area (TPSA) is 77.8 Å². The molecule has 146 valence electrons. The normalized spacial score (nSPS) is 10.3. The van der Waals surface area contributed by atoms with Crippen LogP contribution in [0.2, 0.25) is 0 Å². The maximum Gasteiger partial charge on any atom is 0.335 e. The van der Waals surface area contributed by atoms with Gasteiger partial charge < -0.3 is 15.1 Å². The molecule has 0 aliphatic heterocycles. The number of carbonyl (C=O) groups excluding carboxylic acids is 1. The summed E-state index contributed by atoms with van der Waals surface area (Å²) in [5.74, 6) is -0.705. The van der Waals surface area contributed by atoms with Crippen LogP contribution in [0.3, 0.4) is 0 Å². The van der Waals surface area contributed by atoms with Gasteiger partial charge in [0.05, 0.1) is 5.56 Å². The highest BCUT2D eigenvalue weighted by atomic mass is 16.4. The van der Waals surface area contributed by atoms with Gasteiger partial charge in [0.2, 0.25) is 5.91 Å². The molecule has 27 heavy (non-hydrogen) atoms. The van der Waals surface area contributed by atoms with E-state index in [1.54, 1.807) is 6.92 Å². The number of hydrogen-bond donors (Lipinski definition) is 2. The van der Waals surface area contributed by atoms with Crippen LogP contribution >= 0.6 is 0 Å². The molecule has 2 aromatic carbocycles. The SMILES string of the molecule is CC(=O)N(C(C)C)C(C)C.O=C(O)c1ccc(O)c(Cc2ccccc2)c1. The number of rotatable bonds is 5. The van der Waals surface area contributed by atoms with Crippen molar-refractivity contribution in [2.45, 2.75) is 53.1 Å². The largest absolute Gasteiger partial charge is 0.508 e. The zero-order chi connectivity index (χ0) is 20.6. The first-order valence-electron chi connectivity index (χ1n) is 9.01. The standard InChI is InChI=1S/C14H12O3.C8H17NO/c15-13-7-6-11(14(16)17)9-12(13)8-10-4-2-1-3-5-10;1-6(2)9(7(3)4)8(5)10/h1-7,9,15H,8H2,(H,16,17);6-7H,1-5H3. The van der Waals surface area contributed by atoms with Gasteiger partial charge in [0.1, 0.15) is 5.75 Å². The molecule has 0 radical (unpaired) electrons. The van der Waals surface area contributed by atoms with E-state index in [1.807, 2.05) is 62.9 Å². The molecule has 1 amide bonds. The highest BCUT2D eigenvalue weighted by Gasteiger charge is 2.15. The van der Waals surface area contributed by atoms with Gasteiger partial charge in [-0.05, 0) is 57.0 Å². The fourth-order valence-electron chi connectivity index (χ4n) is 3.00. The van der Waals surface area contributed by atoms with Gasteiger partial charge in [-0.1, -0.05) is 30.3 Å². The molecule has 0 aliphatic carbocycles. The van der Waals surface area contributed by atoms with Crippen molar-refractivity contribution in [1.29, 1.82) is 0 Å². The summed E-state index contributed by atoms with van der Waals surface area (Å²) >= 11 is 0. The van der Waals surface area contributed by atoms with E-state index in [0.717, 1.165) is 5.56 Å². The van der Waals surface area contributed by atoms with E-state index in [-0.39, 0.29) is 17.2 Å². The lowest BCUT2D eigenvalue weighted by molar-refractivity contribution is -0.132. The molecule has 0 heterocycles. The van der Waals surface area contributed by atoms with Crippen LogP contribution in [0.4, 0.5) is 0 Å². The number of benzene rings is 2. The van der Waals surface area contributed by atoms with E-state index in [1.165, 1.54) is 18.2 Å². The first kappa shape index (κ1) is 22.2. The van der Waals surface area contributed by atoms with Crippen LogP contribution in [0.15, 0.2) is 48.5 Å². The van der Waals surface area contributed by atoms with Crippen LogP contribution in [0, 0.1) is 0 Å². The fraction of sp³-hybridized carbons (Fsp3) is 0.364. The smallest absolute Gasteiger partial charge is 0.335 e. The van der Waals surface area contributed by atoms with Crippen molar-refractivity contribution in [3.05, 3.63) is 65.2 Å². The monoisotopic (exact) mass is 371 g/mol. The molecule has 2 rings (SSSR count). The van der Waals surface area contributed by atoms with Gasteiger partial charge in [0, 0.05) is 25.4 Å². The zero-order valence-corrected chi connectivity index (χ0v) is 16.6. The molecular formula is C22H29NO4. The third-order valence-electron chi connectivity index (χ3n) is 4.04. The summed E-state index contributed by atoms with van der Waals surface area (Å²) in [6.07, 6.45) is 0.522. The van der Waals surface area contributed by atoms with Crippen LogP contribution in [0.5, 0.6) is 5.75 Å². The average molecular weight is 371 g/mol. The highest BCUT2D eigenvalue weighted by molar-refractivity contribution is 5.88. The summed E-state index contributed by atoms with van der Waals surface area (Å²) in [5.41, 5.74) is 1.84. The van der Waals surface area contributed by atoms with Crippen molar-refractivity contribution >= 4 is 11.9 Å². The lowest BCUT2D eigenvalue weighted by Crippen LogP contribution is -2.40. The van der Waals surface area contributed by atoms with E-state index >= 15 is 0 Å². The number of hydrogen-bond acceptors (Lipinski definition) is 3. The van der Waals surface area contributed by atoms with E-state index in [4.69, 9.17) is 5.11 Å². The predicted octanol–water partition coefficient (Wildman–Crippen LogP) is 4.33. The van der Waals surface area contributed by atoms with Gasteiger partial charge in [-0.2, -0.15) is 0 Å². The number of phenols is 1. The summed E-state index contributed by atoms with van der Waals surface area (Å²) in [6, 6.07) is 14.6. The summed E-state index contributed by atoms with van der Waals surface area (Å²) in [7, 11) is 0. The number of carboxylic acid groups (broad SMARTS) is 1. The third kappa shape index (κ3) is 7.13. The second-order valence-electron chi connectivity index (χ2n) is 6.92. The highest BCUT2D eigenvalue weighted by Crippen LogP contribution is 2.21. The fourth-order valence-corrected chi connectivity index (χ4v) is 3.00. The van der Waals surface area contributed by atoms with E-state index in [9.17, 15) is 14.7 Å². The molecule has 0 unspecified atom stereocenters. The third-order valence-corrected chi connectivity index (χ3v) is 4.04. The van der Waals surface area contributed by atoms with Crippen molar-refractivity contribution in [2.75, 3.05) is 0 Å². The van der Waals surface area contributed by atoms with Crippen LogP contribution in [-0.4, -0.2) is 39.1 Å². The Labute approximate surface area is 161 Å². The quantitative estimate of drug-likeness (QED) is 0.820. The van der Waals surface area contributed by atoms with Gasteiger partial charge in [-0.3, -0.25) is 4.79 Å². The number of aromatic hydroxyl groups is 1. The Morgan fingerprint density at radius 3 is 1.93 bits per heavy atom. The molecule has 0 fully saturated rings. The lowest BCUT2D eigenvalue weighted by atomic mass is 10.0.